The van der Waals surface area contributed by atoms with Crippen molar-refractivity contribution >= 4 is 5.97 Å². The molecular formula is C16H22N2O2. The van der Waals surface area contributed by atoms with Gasteiger partial charge in [0.1, 0.15) is 5.54 Å². The first-order valence-electron chi connectivity index (χ1n) is 7.39. The number of likely N-dealkylation sites (tertiary alicyclic amines) is 1. The Hall–Kier alpha value is -1.39. The molecule has 4 nitrogen and oxygen atoms in total. The molecule has 2 fully saturated rings. The van der Waals surface area contributed by atoms with Gasteiger partial charge in [0.05, 0.1) is 0 Å². The fourth-order valence-corrected chi connectivity index (χ4v) is 3.92. The highest BCUT2D eigenvalue weighted by molar-refractivity contribution is 5.80. The molecule has 20 heavy (non-hydrogen) atoms. The van der Waals surface area contributed by atoms with Gasteiger partial charge in [-0.05, 0) is 18.4 Å². The van der Waals surface area contributed by atoms with E-state index >= 15 is 0 Å². The number of hydrogen-bond donors (Lipinski definition) is 2. The lowest BCUT2D eigenvalue weighted by molar-refractivity contribution is -0.154. The minimum atomic E-state index is -1.01. The monoisotopic (exact) mass is 274 g/mol. The number of hydrogen-bond acceptors (Lipinski definition) is 3. The summed E-state index contributed by atoms with van der Waals surface area (Å²) in [5.74, 6) is -0.654. The molecule has 0 unspecified atom stereocenters. The summed E-state index contributed by atoms with van der Waals surface area (Å²) >= 11 is 0. The van der Waals surface area contributed by atoms with Crippen LogP contribution in [0.25, 0.3) is 0 Å². The molecule has 1 saturated carbocycles. The number of carboxylic acids is 1. The second kappa shape index (κ2) is 5.19. The maximum absolute atomic E-state index is 11.6. The topological polar surface area (TPSA) is 66.6 Å². The quantitative estimate of drug-likeness (QED) is 0.880. The standard InChI is InChI=1S/C16H22N2O2/c17-16(15(19)20)13-7-4-8-14(16)11-18(10-13)9-12-5-2-1-3-6-12/h1-3,5-6,13-14H,4,7-11,17H2,(H,19,20)/t13-,14-/m1/s1. The number of carbonyl (C=O) groups is 1. The van der Waals surface area contributed by atoms with Crippen molar-refractivity contribution in [3.8, 4) is 0 Å². The minimum Gasteiger partial charge on any atom is -0.480 e. The Balaban J connectivity index is 1.76. The Morgan fingerprint density at radius 3 is 2.40 bits per heavy atom. The van der Waals surface area contributed by atoms with E-state index in [2.05, 4.69) is 17.0 Å². The maximum atomic E-state index is 11.6. The Kier molecular flexibility index (Phi) is 3.52. The molecule has 4 heteroatoms. The highest BCUT2D eigenvalue weighted by Gasteiger charge is 2.54. The molecule has 108 valence electrons. The van der Waals surface area contributed by atoms with Crippen molar-refractivity contribution in [2.45, 2.75) is 31.3 Å². The molecular weight excluding hydrogens is 252 g/mol. The van der Waals surface area contributed by atoms with Crippen molar-refractivity contribution in [2.75, 3.05) is 13.1 Å². The molecule has 1 aliphatic carbocycles. The predicted molar refractivity (Wildman–Crippen MR) is 77.1 cm³/mol. The third-order valence-electron chi connectivity index (χ3n) is 5.03. The van der Waals surface area contributed by atoms with Crippen LogP contribution in [0.3, 0.4) is 0 Å². The average Bonchev–Trinajstić information content (AvgIpc) is 2.41. The summed E-state index contributed by atoms with van der Waals surface area (Å²) in [6.07, 6.45) is 2.98. The molecule has 1 heterocycles. The second-order valence-electron chi connectivity index (χ2n) is 6.24. The molecule has 2 aliphatic rings. The van der Waals surface area contributed by atoms with Gasteiger partial charge in [0, 0.05) is 31.5 Å². The second-order valence-corrected chi connectivity index (χ2v) is 6.24. The van der Waals surface area contributed by atoms with Crippen molar-refractivity contribution in [3.05, 3.63) is 35.9 Å². The largest absolute Gasteiger partial charge is 0.480 e. The van der Waals surface area contributed by atoms with Crippen LogP contribution in [0.5, 0.6) is 0 Å². The van der Waals surface area contributed by atoms with E-state index in [-0.39, 0.29) is 11.8 Å². The molecule has 3 N–H and O–H groups in total. The van der Waals surface area contributed by atoms with E-state index in [1.165, 1.54) is 5.56 Å². The van der Waals surface area contributed by atoms with Crippen LogP contribution in [-0.4, -0.2) is 34.6 Å². The van der Waals surface area contributed by atoms with Crippen LogP contribution >= 0.6 is 0 Å². The normalized spacial score (nSPS) is 33.9. The molecule has 1 aromatic carbocycles. The fourth-order valence-electron chi connectivity index (χ4n) is 3.92. The molecule has 1 aromatic rings. The molecule has 2 atom stereocenters. The van der Waals surface area contributed by atoms with E-state index in [9.17, 15) is 9.90 Å². The molecule has 0 spiro atoms. The third kappa shape index (κ3) is 2.23. The number of carboxylic acid groups (broad SMARTS) is 1. The number of aliphatic carboxylic acids is 1. The van der Waals surface area contributed by atoms with Crippen LogP contribution in [0.4, 0.5) is 0 Å². The lowest BCUT2D eigenvalue weighted by atomic mass is 9.63. The minimum absolute atomic E-state index is 0.0798. The molecule has 1 saturated heterocycles. The summed E-state index contributed by atoms with van der Waals surface area (Å²) in [5.41, 5.74) is 6.56. The molecule has 2 bridgehead atoms. The van der Waals surface area contributed by atoms with Crippen LogP contribution < -0.4 is 5.73 Å². The van der Waals surface area contributed by atoms with Crippen molar-refractivity contribution in [2.24, 2.45) is 17.6 Å². The number of fused-ring (bicyclic) bond motifs is 2. The van der Waals surface area contributed by atoms with Gasteiger partial charge in [-0.2, -0.15) is 0 Å². The van der Waals surface area contributed by atoms with Crippen LogP contribution in [0.1, 0.15) is 24.8 Å². The molecule has 0 aromatic heterocycles. The van der Waals surface area contributed by atoms with Crippen molar-refractivity contribution in [3.63, 3.8) is 0 Å². The summed E-state index contributed by atoms with van der Waals surface area (Å²) in [6, 6.07) is 10.4. The van der Waals surface area contributed by atoms with E-state index in [1.807, 2.05) is 18.2 Å². The highest BCUT2D eigenvalue weighted by atomic mass is 16.4. The SMILES string of the molecule is NC1(C(=O)O)[C@@H]2CCC[C@@H]1CN(Cc1ccccc1)C2. The summed E-state index contributed by atoms with van der Waals surface area (Å²) in [7, 11) is 0. The first-order chi connectivity index (χ1) is 9.60. The van der Waals surface area contributed by atoms with Crippen molar-refractivity contribution in [1.82, 2.24) is 4.90 Å². The van der Waals surface area contributed by atoms with E-state index < -0.39 is 11.5 Å². The number of piperidine rings is 1. The molecule has 1 aliphatic heterocycles. The van der Waals surface area contributed by atoms with E-state index in [4.69, 9.17) is 5.73 Å². The molecule has 0 radical (unpaired) electrons. The van der Waals surface area contributed by atoms with E-state index in [1.54, 1.807) is 0 Å². The lowest BCUT2D eigenvalue weighted by Gasteiger charge is -2.51. The fraction of sp³-hybridized carbons (Fsp3) is 0.562. The Labute approximate surface area is 119 Å². The van der Waals surface area contributed by atoms with Gasteiger partial charge in [-0.25, -0.2) is 0 Å². The summed E-state index contributed by atoms with van der Waals surface area (Å²) in [5, 5.41) is 9.54. The van der Waals surface area contributed by atoms with Gasteiger partial charge in [-0.15, -0.1) is 0 Å². The van der Waals surface area contributed by atoms with Gasteiger partial charge in [0.2, 0.25) is 0 Å². The smallest absolute Gasteiger partial charge is 0.324 e. The van der Waals surface area contributed by atoms with Gasteiger partial charge in [0.15, 0.2) is 0 Å². The number of nitrogens with two attached hydrogens (primary N) is 1. The van der Waals surface area contributed by atoms with Gasteiger partial charge >= 0.3 is 5.97 Å². The van der Waals surface area contributed by atoms with E-state index in [0.717, 1.165) is 38.9 Å². The predicted octanol–water partition coefficient (Wildman–Crippen LogP) is 1.70. The van der Waals surface area contributed by atoms with Crippen LogP contribution in [-0.2, 0) is 11.3 Å². The Morgan fingerprint density at radius 1 is 1.25 bits per heavy atom. The van der Waals surface area contributed by atoms with Gasteiger partial charge in [0.25, 0.3) is 0 Å². The third-order valence-corrected chi connectivity index (χ3v) is 5.03. The summed E-state index contributed by atoms with van der Waals surface area (Å²) < 4.78 is 0. The Morgan fingerprint density at radius 2 is 1.85 bits per heavy atom. The summed E-state index contributed by atoms with van der Waals surface area (Å²) in [4.78, 5) is 14.0. The highest BCUT2D eigenvalue weighted by Crippen LogP contribution is 2.41. The van der Waals surface area contributed by atoms with Crippen LogP contribution in [0, 0.1) is 11.8 Å². The Bertz CT molecular complexity index is 475. The zero-order valence-electron chi connectivity index (χ0n) is 11.7. The molecule has 0 amide bonds. The van der Waals surface area contributed by atoms with E-state index in [0.29, 0.717) is 0 Å². The van der Waals surface area contributed by atoms with Crippen LogP contribution in [0.15, 0.2) is 30.3 Å². The van der Waals surface area contributed by atoms with Gasteiger partial charge in [-0.1, -0.05) is 36.8 Å². The molecule has 3 rings (SSSR count). The number of nitrogens with zero attached hydrogens (tertiary/aromatic N) is 1. The van der Waals surface area contributed by atoms with Gasteiger partial charge < -0.3 is 10.8 Å². The summed E-state index contributed by atoms with van der Waals surface area (Å²) in [6.45, 7) is 2.49. The maximum Gasteiger partial charge on any atom is 0.324 e. The lowest BCUT2D eigenvalue weighted by Crippen LogP contribution is -2.68. The van der Waals surface area contributed by atoms with Crippen molar-refractivity contribution < 1.29 is 9.90 Å². The number of rotatable bonds is 3. The van der Waals surface area contributed by atoms with Crippen molar-refractivity contribution in [1.29, 1.82) is 0 Å². The van der Waals surface area contributed by atoms with Gasteiger partial charge in [-0.3, -0.25) is 9.69 Å². The zero-order chi connectivity index (χ0) is 14.2. The zero-order valence-corrected chi connectivity index (χ0v) is 11.7. The first kappa shape index (κ1) is 13.6. The van der Waals surface area contributed by atoms with Crippen LogP contribution in [0.2, 0.25) is 0 Å². The first-order valence-corrected chi connectivity index (χ1v) is 7.39. The number of benzene rings is 1. The average molecular weight is 274 g/mol.